The average molecular weight is 394 g/mol. The molecule has 0 saturated carbocycles. The average Bonchev–Trinajstić information content (AvgIpc) is 2.65. The van der Waals surface area contributed by atoms with Gasteiger partial charge in [0.05, 0.1) is 6.54 Å². The molecular formula is C19H20ClNO4S. The molecule has 2 aromatic carbocycles. The Kier molecular flexibility index (Phi) is 8.31. The predicted molar refractivity (Wildman–Crippen MR) is 103 cm³/mol. The van der Waals surface area contributed by atoms with Crippen LogP contribution >= 0.6 is 23.4 Å². The number of benzene rings is 2. The zero-order valence-corrected chi connectivity index (χ0v) is 15.9. The number of carbonyl (C=O) groups excluding carboxylic acids is 2. The van der Waals surface area contributed by atoms with Gasteiger partial charge in [-0.2, -0.15) is 0 Å². The van der Waals surface area contributed by atoms with E-state index in [0.29, 0.717) is 23.9 Å². The van der Waals surface area contributed by atoms with E-state index in [1.807, 2.05) is 30.3 Å². The van der Waals surface area contributed by atoms with Crippen molar-refractivity contribution in [2.45, 2.75) is 17.1 Å². The van der Waals surface area contributed by atoms with Gasteiger partial charge in [0.2, 0.25) is 0 Å². The van der Waals surface area contributed by atoms with Crippen molar-refractivity contribution in [3.63, 3.8) is 0 Å². The van der Waals surface area contributed by atoms with E-state index in [-0.39, 0.29) is 12.5 Å². The summed E-state index contributed by atoms with van der Waals surface area (Å²) in [6.07, 6.45) is 0. The van der Waals surface area contributed by atoms with Crippen LogP contribution in [0.15, 0.2) is 59.5 Å². The van der Waals surface area contributed by atoms with Gasteiger partial charge in [0.1, 0.15) is 17.6 Å². The number of hydrogen-bond donors (Lipinski definition) is 1. The van der Waals surface area contributed by atoms with Gasteiger partial charge in [-0.15, -0.1) is 11.8 Å². The van der Waals surface area contributed by atoms with E-state index in [9.17, 15) is 9.59 Å². The topological polar surface area (TPSA) is 64.6 Å². The summed E-state index contributed by atoms with van der Waals surface area (Å²) in [7, 11) is 0. The van der Waals surface area contributed by atoms with Crippen molar-refractivity contribution in [2.75, 3.05) is 19.8 Å². The Morgan fingerprint density at radius 2 is 1.81 bits per heavy atom. The van der Waals surface area contributed by atoms with E-state index < -0.39 is 11.2 Å². The van der Waals surface area contributed by atoms with Crippen LogP contribution in [0.4, 0.5) is 0 Å². The molecule has 26 heavy (non-hydrogen) atoms. The molecule has 0 aliphatic carbocycles. The fourth-order valence-electron chi connectivity index (χ4n) is 1.95. The molecule has 1 amide bonds. The second-order valence-corrected chi connectivity index (χ2v) is 7.18. The van der Waals surface area contributed by atoms with E-state index in [2.05, 4.69) is 5.32 Å². The van der Waals surface area contributed by atoms with Crippen LogP contribution in [-0.2, 0) is 14.3 Å². The Bertz CT molecular complexity index is 709. The summed E-state index contributed by atoms with van der Waals surface area (Å²) in [4.78, 5) is 24.6. The van der Waals surface area contributed by atoms with Gasteiger partial charge in [-0.3, -0.25) is 9.59 Å². The normalized spacial score (nSPS) is 11.5. The highest BCUT2D eigenvalue weighted by Gasteiger charge is 2.17. The fourth-order valence-corrected chi connectivity index (χ4v) is 2.96. The Balaban J connectivity index is 1.60. The second-order valence-electron chi connectivity index (χ2n) is 5.33. The van der Waals surface area contributed by atoms with Gasteiger partial charge in [0, 0.05) is 9.92 Å². The molecule has 0 heterocycles. The number of hydrogen-bond acceptors (Lipinski definition) is 5. The molecule has 0 spiro atoms. The fraction of sp³-hybridized carbons (Fsp3) is 0.263. The van der Waals surface area contributed by atoms with Gasteiger partial charge in [-0.1, -0.05) is 29.8 Å². The van der Waals surface area contributed by atoms with Crippen molar-refractivity contribution in [3.8, 4) is 5.75 Å². The number of thioether (sulfide) groups is 1. The molecule has 0 fully saturated rings. The minimum atomic E-state index is -0.425. The van der Waals surface area contributed by atoms with Crippen LogP contribution in [0.5, 0.6) is 5.75 Å². The summed E-state index contributed by atoms with van der Waals surface area (Å²) >= 11 is 7.17. The van der Waals surface area contributed by atoms with E-state index in [4.69, 9.17) is 21.1 Å². The van der Waals surface area contributed by atoms with Crippen molar-refractivity contribution >= 4 is 35.2 Å². The monoisotopic (exact) mass is 393 g/mol. The van der Waals surface area contributed by atoms with E-state index >= 15 is 0 Å². The van der Waals surface area contributed by atoms with Crippen molar-refractivity contribution in [2.24, 2.45) is 0 Å². The Hall–Kier alpha value is -2.18. The maximum absolute atomic E-state index is 11.9. The molecule has 0 unspecified atom stereocenters. The number of nitrogens with one attached hydrogen (secondary N) is 1. The quantitative estimate of drug-likeness (QED) is 0.401. The van der Waals surface area contributed by atoms with Crippen LogP contribution in [0, 0.1) is 0 Å². The highest BCUT2D eigenvalue weighted by atomic mass is 35.5. The third kappa shape index (κ3) is 7.37. The summed E-state index contributed by atoms with van der Waals surface area (Å²) in [5.41, 5.74) is 0. The first kappa shape index (κ1) is 20.1. The molecule has 5 nitrogen and oxygen atoms in total. The maximum Gasteiger partial charge on any atom is 0.319 e. The smallest absolute Gasteiger partial charge is 0.319 e. The van der Waals surface area contributed by atoms with Crippen LogP contribution in [0.3, 0.4) is 0 Å². The summed E-state index contributed by atoms with van der Waals surface area (Å²) in [5, 5.41) is 2.88. The van der Waals surface area contributed by atoms with Crippen LogP contribution in [0.25, 0.3) is 0 Å². The highest BCUT2D eigenvalue weighted by Crippen LogP contribution is 2.23. The number of rotatable bonds is 9. The first-order valence-corrected chi connectivity index (χ1v) is 9.34. The minimum Gasteiger partial charge on any atom is -0.492 e. The van der Waals surface area contributed by atoms with Crippen molar-refractivity contribution < 1.29 is 19.1 Å². The van der Waals surface area contributed by atoms with Crippen LogP contribution in [-0.4, -0.2) is 36.9 Å². The lowest BCUT2D eigenvalue weighted by molar-refractivity contribution is -0.147. The standard InChI is InChI=1S/C19H20ClNO4S/c1-14(26-17-5-3-2-4-6-17)19(23)25-13-18(22)21-11-12-24-16-9-7-15(20)8-10-16/h2-10,14H,11-13H2,1H3,(H,21,22)/t14-/m1/s1. The van der Waals surface area contributed by atoms with Gasteiger partial charge in [0.15, 0.2) is 6.61 Å². The Morgan fingerprint density at radius 1 is 1.12 bits per heavy atom. The Morgan fingerprint density at radius 3 is 2.50 bits per heavy atom. The largest absolute Gasteiger partial charge is 0.492 e. The molecule has 1 atom stereocenters. The zero-order valence-electron chi connectivity index (χ0n) is 14.3. The van der Waals surface area contributed by atoms with Gasteiger partial charge in [-0.25, -0.2) is 0 Å². The molecule has 0 aliphatic heterocycles. The third-order valence-electron chi connectivity index (χ3n) is 3.24. The summed E-state index contributed by atoms with van der Waals surface area (Å²) < 4.78 is 10.5. The predicted octanol–water partition coefficient (Wildman–Crippen LogP) is 3.56. The van der Waals surface area contributed by atoms with Gasteiger partial charge >= 0.3 is 5.97 Å². The van der Waals surface area contributed by atoms with Crippen LogP contribution in [0.1, 0.15) is 6.92 Å². The molecule has 7 heteroatoms. The number of esters is 1. The molecule has 138 valence electrons. The zero-order chi connectivity index (χ0) is 18.8. The van der Waals surface area contributed by atoms with E-state index in [0.717, 1.165) is 4.90 Å². The molecule has 0 aliphatic rings. The van der Waals surface area contributed by atoms with E-state index in [1.165, 1.54) is 11.8 Å². The molecule has 1 N–H and O–H groups in total. The SMILES string of the molecule is C[C@@H](Sc1ccccc1)C(=O)OCC(=O)NCCOc1ccc(Cl)cc1. The van der Waals surface area contributed by atoms with Gasteiger partial charge < -0.3 is 14.8 Å². The number of halogens is 1. The number of ether oxygens (including phenoxy) is 2. The summed E-state index contributed by atoms with van der Waals surface area (Å²) in [6.45, 7) is 2.06. The second kappa shape index (κ2) is 10.7. The summed E-state index contributed by atoms with van der Waals surface area (Å²) in [6, 6.07) is 16.5. The maximum atomic E-state index is 11.9. The number of amides is 1. The molecule has 0 aromatic heterocycles. The van der Waals surface area contributed by atoms with Crippen molar-refractivity contribution in [1.29, 1.82) is 0 Å². The lowest BCUT2D eigenvalue weighted by atomic mass is 10.3. The molecule has 0 saturated heterocycles. The molecule has 2 aromatic rings. The molecule has 2 rings (SSSR count). The van der Waals surface area contributed by atoms with Crippen LogP contribution in [0.2, 0.25) is 5.02 Å². The lowest BCUT2D eigenvalue weighted by Crippen LogP contribution is -2.33. The molecule has 0 radical (unpaired) electrons. The molecule has 0 bridgehead atoms. The van der Waals surface area contributed by atoms with Crippen LogP contribution < -0.4 is 10.1 Å². The van der Waals surface area contributed by atoms with E-state index in [1.54, 1.807) is 31.2 Å². The number of carbonyl (C=O) groups is 2. The van der Waals surface area contributed by atoms with Crippen molar-refractivity contribution in [3.05, 3.63) is 59.6 Å². The van der Waals surface area contributed by atoms with Crippen molar-refractivity contribution in [1.82, 2.24) is 5.32 Å². The first-order chi connectivity index (χ1) is 12.5. The highest BCUT2D eigenvalue weighted by molar-refractivity contribution is 8.00. The minimum absolute atomic E-state index is 0.306. The summed E-state index contributed by atoms with van der Waals surface area (Å²) in [5.74, 6) is -0.122. The first-order valence-electron chi connectivity index (χ1n) is 8.08. The lowest BCUT2D eigenvalue weighted by Gasteiger charge is -2.11. The Labute approximate surface area is 162 Å². The van der Waals surface area contributed by atoms with Gasteiger partial charge in [0.25, 0.3) is 5.91 Å². The third-order valence-corrected chi connectivity index (χ3v) is 4.58. The van der Waals surface area contributed by atoms with Gasteiger partial charge in [-0.05, 0) is 43.3 Å². The molecular weight excluding hydrogens is 374 g/mol.